The number of hydrogen-bond acceptors (Lipinski definition) is 3. The summed E-state index contributed by atoms with van der Waals surface area (Å²) in [6, 6.07) is 4.67. The molecule has 0 saturated carbocycles. The van der Waals surface area contributed by atoms with Gasteiger partial charge in [0.15, 0.2) is 0 Å². The lowest BCUT2D eigenvalue weighted by molar-refractivity contribution is -0.117. The molecule has 104 valence electrons. The van der Waals surface area contributed by atoms with Crippen molar-refractivity contribution in [1.82, 2.24) is 4.31 Å². The van der Waals surface area contributed by atoms with Crippen LogP contribution >= 0.6 is 0 Å². The zero-order chi connectivity index (χ0) is 14.0. The standard InChI is InChI=1S/C13H16FNO3S/c1-10(16)8-12-5-3-7-15(12)19(17,18)13-6-2-4-11(14)9-13/h2,4,6,9,12H,3,5,7-8H2,1H3. The maximum absolute atomic E-state index is 13.2. The fourth-order valence-electron chi connectivity index (χ4n) is 2.42. The van der Waals surface area contributed by atoms with Crippen LogP contribution in [0.5, 0.6) is 0 Å². The molecule has 1 aliphatic heterocycles. The Hall–Kier alpha value is -1.27. The van der Waals surface area contributed by atoms with Crippen molar-refractivity contribution in [2.24, 2.45) is 0 Å². The summed E-state index contributed by atoms with van der Waals surface area (Å²) in [7, 11) is -3.71. The number of benzene rings is 1. The van der Waals surface area contributed by atoms with Crippen molar-refractivity contribution in [1.29, 1.82) is 0 Å². The van der Waals surface area contributed by atoms with Gasteiger partial charge in [-0.1, -0.05) is 6.07 Å². The van der Waals surface area contributed by atoms with Crippen molar-refractivity contribution in [3.8, 4) is 0 Å². The van der Waals surface area contributed by atoms with E-state index in [1.54, 1.807) is 0 Å². The highest BCUT2D eigenvalue weighted by atomic mass is 32.2. The molecule has 1 aromatic carbocycles. The van der Waals surface area contributed by atoms with Gasteiger partial charge in [0.1, 0.15) is 11.6 Å². The van der Waals surface area contributed by atoms with Crippen molar-refractivity contribution in [3.05, 3.63) is 30.1 Å². The Morgan fingerprint density at radius 2 is 2.21 bits per heavy atom. The molecule has 1 aliphatic rings. The predicted octanol–water partition coefficient (Wildman–Crippen LogP) is 1.96. The van der Waals surface area contributed by atoms with Crippen LogP contribution in [0, 0.1) is 5.82 Å². The van der Waals surface area contributed by atoms with E-state index in [1.807, 2.05) is 0 Å². The molecule has 19 heavy (non-hydrogen) atoms. The Bertz CT molecular complexity index is 585. The first-order valence-electron chi connectivity index (χ1n) is 6.18. The van der Waals surface area contributed by atoms with E-state index in [1.165, 1.54) is 29.4 Å². The monoisotopic (exact) mass is 285 g/mol. The minimum atomic E-state index is -3.71. The maximum atomic E-state index is 13.2. The average Bonchev–Trinajstić information content (AvgIpc) is 2.77. The minimum absolute atomic E-state index is 0.0358. The first kappa shape index (κ1) is 14.1. The third-order valence-electron chi connectivity index (χ3n) is 3.25. The number of nitrogens with zero attached hydrogens (tertiary/aromatic N) is 1. The van der Waals surface area contributed by atoms with E-state index in [0.717, 1.165) is 12.5 Å². The number of carbonyl (C=O) groups is 1. The molecule has 1 heterocycles. The van der Waals surface area contributed by atoms with Gasteiger partial charge >= 0.3 is 0 Å². The quantitative estimate of drug-likeness (QED) is 0.849. The highest BCUT2D eigenvalue weighted by molar-refractivity contribution is 7.89. The lowest BCUT2D eigenvalue weighted by Gasteiger charge is -2.23. The van der Waals surface area contributed by atoms with E-state index >= 15 is 0 Å². The van der Waals surface area contributed by atoms with E-state index in [4.69, 9.17) is 0 Å². The molecule has 1 aromatic rings. The van der Waals surface area contributed by atoms with Gasteiger partial charge in [0, 0.05) is 19.0 Å². The molecule has 1 unspecified atom stereocenters. The number of sulfonamides is 1. The first-order chi connectivity index (χ1) is 8.91. The SMILES string of the molecule is CC(=O)CC1CCCN1S(=O)(=O)c1cccc(F)c1. The van der Waals surface area contributed by atoms with Gasteiger partial charge in [-0.2, -0.15) is 4.31 Å². The Balaban J connectivity index is 2.31. The molecule has 1 saturated heterocycles. The van der Waals surface area contributed by atoms with Gasteiger partial charge in [0.05, 0.1) is 4.90 Å². The largest absolute Gasteiger partial charge is 0.300 e. The second-order valence-corrected chi connectivity index (χ2v) is 6.67. The summed E-state index contributed by atoms with van der Waals surface area (Å²) in [5.41, 5.74) is 0. The van der Waals surface area contributed by atoms with Crippen molar-refractivity contribution in [2.75, 3.05) is 6.54 Å². The molecule has 0 N–H and O–H groups in total. The molecule has 2 rings (SSSR count). The average molecular weight is 285 g/mol. The van der Waals surface area contributed by atoms with E-state index in [-0.39, 0.29) is 23.1 Å². The van der Waals surface area contributed by atoms with E-state index in [0.29, 0.717) is 13.0 Å². The molecule has 0 radical (unpaired) electrons. The fourth-order valence-corrected chi connectivity index (χ4v) is 4.15. The van der Waals surface area contributed by atoms with Crippen LogP contribution in [0.1, 0.15) is 26.2 Å². The van der Waals surface area contributed by atoms with Crippen LogP contribution in [0.3, 0.4) is 0 Å². The summed E-state index contributed by atoms with van der Waals surface area (Å²) >= 11 is 0. The van der Waals surface area contributed by atoms with Gasteiger partial charge in [-0.25, -0.2) is 12.8 Å². The normalized spacial score (nSPS) is 20.6. The smallest absolute Gasteiger partial charge is 0.243 e. The van der Waals surface area contributed by atoms with Crippen LogP contribution in [-0.4, -0.2) is 31.1 Å². The van der Waals surface area contributed by atoms with Crippen molar-refractivity contribution < 1.29 is 17.6 Å². The number of ketones is 1. The van der Waals surface area contributed by atoms with Gasteiger partial charge in [0.2, 0.25) is 10.0 Å². The van der Waals surface area contributed by atoms with E-state index < -0.39 is 15.8 Å². The number of rotatable bonds is 4. The van der Waals surface area contributed by atoms with Gasteiger partial charge in [-0.3, -0.25) is 4.79 Å². The first-order valence-corrected chi connectivity index (χ1v) is 7.62. The number of hydrogen-bond donors (Lipinski definition) is 0. The number of Topliss-reactive ketones (excluding diaryl/α,β-unsaturated/α-hetero) is 1. The summed E-state index contributed by atoms with van der Waals surface area (Å²) in [5, 5.41) is 0. The molecular formula is C13H16FNO3S. The fraction of sp³-hybridized carbons (Fsp3) is 0.462. The zero-order valence-corrected chi connectivity index (χ0v) is 11.5. The van der Waals surface area contributed by atoms with Crippen LogP contribution in [0.4, 0.5) is 4.39 Å². The number of halogens is 1. The third kappa shape index (κ3) is 3.01. The molecule has 0 spiro atoms. The minimum Gasteiger partial charge on any atom is -0.300 e. The Morgan fingerprint density at radius 3 is 2.84 bits per heavy atom. The summed E-state index contributed by atoms with van der Waals surface area (Å²) < 4.78 is 39.3. The molecule has 1 atom stereocenters. The van der Waals surface area contributed by atoms with Gasteiger partial charge in [-0.15, -0.1) is 0 Å². The van der Waals surface area contributed by atoms with Crippen LogP contribution in [0.15, 0.2) is 29.2 Å². The molecule has 0 aromatic heterocycles. The highest BCUT2D eigenvalue weighted by Crippen LogP contribution is 2.28. The van der Waals surface area contributed by atoms with Crippen LogP contribution in [-0.2, 0) is 14.8 Å². The van der Waals surface area contributed by atoms with Crippen LogP contribution in [0.25, 0.3) is 0 Å². The zero-order valence-electron chi connectivity index (χ0n) is 10.7. The lowest BCUT2D eigenvalue weighted by Crippen LogP contribution is -2.36. The molecule has 1 fully saturated rings. The lowest BCUT2D eigenvalue weighted by atomic mass is 10.1. The van der Waals surface area contributed by atoms with Gasteiger partial charge in [-0.05, 0) is 38.0 Å². The van der Waals surface area contributed by atoms with Crippen molar-refractivity contribution in [2.45, 2.75) is 37.1 Å². The second-order valence-electron chi connectivity index (χ2n) is 4.78. The van der Waals surface area contributed by atoms with E-state index in [2.05, 4.69) is 0 Å². The second kappa shape index (κ2) is 5.38. The molecule has 0 amide bonds. The summed E-state index contributed by atoms with van der Waals surface area (Å²) in [6.07, 6.45) is 1.62. The summed E-state index contributed by atoms with van der Waals surface area (Å²) in [5.74, 6) is -0.616. The van der Waals surface area contributed by atoms with Crippen molar-refractivity contribution in [3.63, 3.8) is 0 Å². The van der Waals surface area contributed by atoms with Gasteiger partial charge < -0.3 is 0 Å². The Labute approximate surface area is 112 Å². The predicted molar refractivity (Wildman–Crippen MR) is 68.6 cm³/mol. The highest BCUT2D eigenvalue weighted by Gasteiger charge is 2.35. The molecule has 6 heteroatoms. The third-order valence-corrected chi connectivity index (χ3v) is 5.20. The van der Waals surface area contributed by atoms with E-state index in [9.17, 15) is 17.6 Å². The Morgan fingerprint density at radius 1 is 1.47 bits per heavy atom. The maximum Gasteiger partial charge on any atom is 0.243 e. The van der Waals surface area contributed by atoms with Crippen LogP contribution < -0.4 is 0 Å². The topological polar surface area (TPSA) is 54.5 Å². The molecule has 0 aliphatic carbocycles. The van der Waals surface area contributed by atoms with Crippen molar-refractivity contribution >= 4 is 15.8 Å². The molecule has 0 bridgehead atoms. The van der Waals surface area contributed by atoms with Gasteiger partial charge in [0.25, 0.3) is 0 Å². The van der Waals surface area contributed by atoms with Crippen LogP contribution in [0.2, 0.25) is 0 Å². The molecule has 4 nitrogen and oxygen atoms in total. The number of carbonyl (C=O) groups excluding carboxylic acids is 1. The summed E-state index contributed by atoms with van der Waals surface area (Å²) in [4.78, 5) is 11.1. The Kier molecular flexibility index (Phi) is 4.01. The molecular weight excluding hydrogens is 269 g/mol. The summed E-state index contributed by atoms with van der Waals surface area (Å²) in [6.45, 7) is 1.84.